The molecule has 31 heavy (non-hydrogen) atoms. The van der Waals surface area contributed by atoms with Gasteiger partial charge in [-0.1, -0.05) is 37.3 Å². The molecule has 8 heteroatoms. The number of carbonyl (C=O) groups excluding carboxylic acids is 1. The van der Waals surface area contributed by atoms with Gasteiger partial charge in [0.15, 0.2) is 6.10 Å². The molecule has 3 aromatic rings. The summed E-state index contributed by atoms with van der Waals surface area (Å²) in [7, 11) is -3.97. The van der Waals surface area contributed by atoms with Gasteiger partial charge < -0.3 is 10.1 Å². The van der Waals surface area contributed by atoms with Gasteiger partial charge in [0.05, 0.1) is 10.6 Å². The number of halogens is 1. The standard InChI is InChI=1S/C23H23FN2O4S/c1-3-17-8-4-7-11-22(17)30-16(2)23(27)25-18-12-14-19(15-13-18)31(28,29)26-21-10-6-5-9-20(21)24/h4-16,26H,3H2,1-2H3,(H,25,27). The summed E-state index contributed by atoms with van der Waals surface area (Å²) in [5.41, 5.74) is 1.27. The quantitative estimate of drug-likeness (QED) is 0.534. The molecule has 0 aromatic heterocycles. The lowest BCUT2D eigenvalue weighted by atomic mass is 10.1. The van der Waals surface area contributed by atoms with E-state index in [-0.39, 0.29) is 16.5 Å². The van der Waals surface area contributed by atoms with Crippen molar-refractivity contribution in [3.8, 4) is 5.75 Å². The lowest BCUT2D eigenvalue weighted by Crippen LogP contribution is -2.30. The zero-order valence-electron chi connectivity index (χ0n) is 17.1. The monoisotopic (exact) mass is 442 g/mol. The smallest absolute Gasteiger partial charge is 0.265 e. The Morgan fingerprint density at radius 1 is 1.00 bits per heavy atom. The van der Waals surface area contributed by atoms with Gasteiger partial charge in [-0.25, -0.2) is 12.8 Å². The highest BCUT2D eigenvalue weighted by Crippen LogP contribution is 2.22. The molecular weight excluding hydrogens is 419 g/mol. The molecule has 162 valence electrons. The first-order valence-electron chi connectivity index (χ1n) is 9.73. The Balaban J connectivity index is 1.65. The molecule has 0 spiro atoms. The van der Waals surface area contributed by atoms with E-state index in [4.69, 9.17) is 4.74 Å². The molecule has 1 unspecified atom stereocenters. The largest absolute Gasteiger partial charge is 0.481 e. The number of hydrogen-bond acceptors (Lipinski definition) is 4. The van der Waals surface area contributed by atoms with E-state index >= 15 is 0 Å². The van der Waals surface area contributed by atoms with Crippen LogP contribution in [0.15, 0.2) is 77.7 Å². The van der Waals surface area contributed by atoms with Crippen molar-refractivity contribution in [3.63, 3.8) is 0 Å². The fraction of sp³-hybridized carbons (Fsp3) is 0.174. The number of aryl methyl sites for hydroxylation is 1. The van der Waals surface area contributed by atoms with Crippen molar-refractivity contribution in [1.29, 1.82) is 0 Å². The van der Waals surface area contributed by atoms with E-state index in [2.05, 4.69) is 10.0 Å². The third kappa shape index (κ3) is 5.61. The number of sulfonamides is 1. The summed E-state index contributed by atoms with van der Waals surface area (Å²) in [5.74, 6) is -0.395. The van der Waals surface area contributed by atoms with Crippen molar-refractivity contribution in [2.45, 2.75) is 31.3 Å². The van der Waals surface area contributed by atoms with Crippen LogP contribution in [0.2, 0.25) is 0 Å². The maximum Gasteiger partial charge on any atom is 0.265 e. The van der Waals surface area contributed by atoms with Crippen LogP contribution in [-0.2, 0) is 21.2 Å². The number of benzene rings is 3. The molecule has 0 aliphatic rings. The summed E-state index contributed by atoms with van der Waals surface area (Å²) < 4.78 is 46.7. The minimum Gasteiger partial charge on any atom is -0.481 e. The van der Waals surface area contributed by atoms with E-state index in [1.165, 1.54) is 48.5 Å². The molecule has 0 bridgehead atoms. The van der Waals surface area contributed by atoms with Crippen LogP contribution >= 0.6 is 0 Å². The van der Waals surface area contributed by atoms with E-state index in [0.717, 1.165) is 12.0 Å². The van der Waals surface area contributed by atoms with Gasteiger partial charge in [0.25, 0.3) is 15.9 Å². The summed E-state index contributed by atoms with van der Waals surface area (Å²) in [6.45, 7) is 3.64. The first kappa shape index (κ1) is 22.3. The Bertz CT molecular complexity index is 1160. The maximum absolute atomic E-state index is 13.7. The summed E-state index contributed by atoms with van der Waals surface area (Å²) in [6, 6.07) is 18.6. The molecule has 0 radical (unpaired) electrons. The first-order chi connectivity index (χ1) is 14.8. The van der Waals surface area contributed by atoms with Gasteiger partial charge in [-0.05, 0) is 61.4 Å². The Morgan fingerprint density at radius 2 is 1.65 bits per heavy atom. The van der Waals surface area contributed by atoms with E-state index < -0.39 is 21.9 Å². The average molecular weight is 443 g/mol. The number of para-hydroxylation sites is 2. The summed E-state index contributed by atoms with van der Waals surface area (Å²) in [4.78, 5) is 12.4. The zero-order valence-corrected chi connectivity index (χ0v) is 17.9. The predicted molar refractivity (Wildman–Crippen MR) is 118 cm³/mol. The van der Waals surface area contributed by atoms with Crippen molar-refractivity contribution in [3.05, 3.63) is 84.2 Å². The third-order valence-corrected chi connectivity index (χ3v) is 5.96. The lowest BCUT2D eigenvalue weighted by Gasteiger charge is -2.17. The van der Waals surface area contributed by atoms with Crippen LogP contribution < -0.4 is 14.8 Å². The molecule has 6 nitrogen and oxygen atoms in total. The van der Waals surface area contributed by atoms with Crippen molar-refractivity contribution >= 4 is 27.3 Å². The summed E-state index contributed by atoms with van der Waals surface area (Å²) in [6.07, 6.45) is 0.0281. The summed E-state index contributed by atoms with van der Waals surface area (Å²) in [5, 5.41) is 2.70. The Labute approximate surface area is 181 Å². The van der Waals surface area contributed by atoms with Crippen molar-refractivity contribution in [2.24, 2.45) is 0 Å². The number of anilines is 2. The maximum atomic E-state index is 13.7. The fourth-order valence-corrected chi connectivity index (χ4v) is 3.93. The minimum absolute atomic E-state index is 0.0603. The van der Waals surface area contributed by atoms with E-state index in [1.54, 1.807) is 6.92 Å². The number of carbonyl (C=O) groups is 1. The number of hydrogen-bond donors (Lipinski definition) is 2. The number of nitrogens with one attached hydrogen (secondary N) is 2. The number of amides is 1. The fourth-order valence-electron chi connectivity index (χ4n) is 2.86. The van der Waals surface area contributed by atoms with Crippen LogP contribution in [0.4, 0.5) is 15.8 Å². The summed E-state index contributed by atoms with van der Waals surface area (Å²) >= 11 is 0. The van der Waals surface area contributed by atoms with E-state index in [0.29, 0.717) is 11.4 Å². The van der Waals surface area contributed by atoms with Crippen LogP contribution in [0.3, 0.4) is 0 Å². The van der Waals surface area contributed by atoms with Crippen LogP contribution in [0.5, 0.6) is 5.75 Å². The second kappa shape index (κ2) is 9.61. The highest BCUT2D eigenvalue weighted by atomic mass is 32.2. The molecule has 0 aliphatic carbocycles. The van der Waals surface area contributed by atoms with Gasteiger partial charge in [0, 0.05) is 5.69 Å². The SMILES string of the molecule is CCc1ccccc1OC(C)C(=O)Nc1ccc(S(=O)(=O)Nc2ccccc2F)cc1. The van der Waals surface area contributed by atoms with Crippen LogP contribution in [0, 0.1) is 5.82 Å². The Hall–Kier alpha value is -3.39. The molecule has 3 rings (SSSR count). The molecule has 1 atom stereocenters. The molecular formula is C23H23FN2O4S. The molecule has 0 heterocycles. The minimum atomic E-state index is -3.97. The second-order valence-electron chi connectivity index (χ2n) is 6.82. The lowest BCUT2D eigenvalue weighted by molar-refractivity contribution is -0.122. The van der Waals surface area contributed by atoms with Crippen molar-refractivity contribution < 1.29 is 22.3 Å². The van der Waals surface area contributed by atoms with E-state index in [1.807, 2.05) is 31.2 Å². The van der Waals surface area contributed by atoms with Gasteiger partial charge in [0.2, 0.25) is 0 Å². The third-order valence-electron chi connectivity index (χ3n) is 4.58. The average Bonchev–Trinajstić information content (AvgIpc) is 2.76. The molecule has 2 N–H and O–H groups in total. The highest BCUT2D eigenvalue weighted by molar-refractivity contribution is 7.92. The Morgan fingerprint density at radius 3 is 2.32 bits per heavy atom. The van der Waals surface area contributed by atoms with Crippen LogP contribution in [-0.4, -0.2) is 20.4 Å². The van der Waals surface area contributed by atoms with Gasteiger partial charge >= 0.3 is 0 Å². The second-order valence-corrected chi connectivity index (χ2v) is 8.50. The van der Waals surface area contributed by atoms with Crippen LogP contribution in [0.25, 0.3) is 0 Å². The topological polar surface area (TPSA) is 84.5 Å². The normalized spacial score (nSPS) is 12.1. The van der Waals surface area contributed by atoms with Crippen molar-refractivity contribution in [1.82, 2.24) is 0 Å². The van der Waals surface area contributed by atoms with Crippen molar-refractivity contribution in [2.75, 3.05) is 10.0 Å². The molecule has 0 saturated heterocycles. The Kier molecular flexibility index (Phi) is 6.91. The molecule has 1 amide bonds. The molecule has 0 aliphatic heterocycles. The highest BCUT2D eigenvalue weighted by Gasteiger charge is 2.18. The van der Waals surface area contributed by atoms with Gasteiger partial charge in [-0.15, -0.1) is 0 Å². The molecule has 3 aromatic carbocycles. The van der Waals surface area contributed by atoms with Crippen LogP contribution in [0.1, 0.15) is 19.4 Å². The first-order valence-corrected chi connectivity index (χ1v) is 11.2. The zero-order chi connectivity index (χ0) is 22.4. The van der Waals surface area contributed by atoms with E-state index in [9.17, 15) is 17.6 Å². The molecule has 0 saturated carbocycles. The van der Waals surface area contributed by atoms with Gasteiger partial charge in [0.1, 0.15) is 11.6 Å². The molecule has 0 fully saturated rings. The van der Waals surface area contributed by atoms with Gasteiger partial charge in [-0.2, -0.15) is 0 Å². The van der Waals surface area contributed by atoms with Gasteiger partial charge in [-0.3, -0.25) is 9.52 Å². The predicted octanol–water partition coefficient (Wildman–Crippen LogP) is 4.59. The number of rotatable bonds is 8. The number of ether oxygens (including phenoxy) is 1.